The molecule has 5 fully saturated rings. The number of ketones is 2. The molecular formula is C76H104O2Y4-4. The van der Waals surface area contributed by atoms with Crippen LogP contribution in [0.25, 0.3) is 0 Å². The topological polar surface area (TPSA) is 34.1 Å². The molecule has 5 aliphatic carbocycles. The van der Waals surface area contributed by atoms with Crippen LogP contribution in [-0.2, 0) is 140 Å². The van der Waals surface area contributed by atoms with Crippen molar-refractivity contribution >= 4 is 11.6 Å². The quantitative estimate of drug-likeness (QED) is 0.164. The molecule has 0 saturated heterocycles. The van der Waals surface area contributed by atoms with Gasteiger partial charge < -0.3 is 30.0 Å². The maximum absolute atomic E-state index is 11.2. The Balaban J connectivity index is 0.000000346. The van der Waals surface area contributed by atoms with Crippen LogP contribution in [0.2, 0.25) is 0 Å². The van der Waals surface area contributed by atoms with Crippen molar-refractivity contribution in [3.8, 4) is 0 Å². The maximum atomic E-state index is 11.2. The summed E-state index contributed by atoms with van der Waals surface area (Å²) < 4.78 is 0. The number of carbonyl (C=O) groups excluding carboxylic acids is 2. The normalized spacial score (nSPS) is 24.3. The predicted molar refractivity (Wildman–Crippen MR) is 336 cm³/mol. The second kappa shape index (κ2) is 38.3. The van der Waals surface area contributed by atoms with Crippen LogP contribution < -0.4 is 0 Å². The van der Waals surface area contributed by atoms with Crippen LogP contribution in [0.4, 0.5) is 0 Å². The van der Waals surface area contributed by atoms with Gasteiger partial charge in [0.25, 0.3) is 0 Å². The van der Waals surface area contributed by atoms with Crippen LogP contribution in [0.15, 0.2) is 91.0 Å². The van der Waals surface area contributed by atoms with Crippen LogP contribution in [0.1, 0.15) is 244 Å². The van der Waals surface area contributed by atoms with Crippen molar-refractivity contribution in [1.29, 1.82) is 0 Å². The number of Topliss-reactive ketones (excluding diaryl/α,β-unsaturated/α-hetero) is 2. The predicted octanol–water partition coefficient (Wildman–Crippen LogP) is 21.0. The minimum Gasteiger partial charge on any atom is -0.334 e. The minimum atomic E-state index is 0. The van der Waals surface area contributed by atoms with E-state index in [4.69, 9.17) is 0 Å². The number of hydrogen-bond acceptors (Lipinski definition) is 2. The molecule has 2 nitrogen and oxygen atoms in total. The van der Waals surface area contributed by atoms with Gasteiger partial charge in [-0.15, -0.1) is 0 Å². The van der Waals surface area contributed by atoms with Gasteiger partial charge in [-0.25, -0.2) is 0 Å². The zero-order valence-corrected chi connectivity index (χ0v) is 65.5. The first-order chi connectivity index (χ1) is 37.1. The molecule has 6 heteroatoms. The van der Waals surface area contributed by atoms with Crippen molar-refractivity contribution in [3.05, 3.63) is 200 Å². The molecule has 0 spiro atoms. The van der Waals surface area contributed by atoms with Gasteiger partial charge in [0.2, 0.25) is 0 Å². The third kappa shape index (κ3) is 23.9. The van der Waals surface area contributed by atoms with Crippen LogP contribution in [0, 0.1) is 124 Å². The first-order valence-electron chi connectivity index (χ1n) is 30.8. The Kier molecular flexibility index (Phi) is 36.4. The standard InChI is InChI=1S/3C16H23.C14H18O.C14H17O.4Y/c2*1-11-5-8-16(14(4)9-11)15-7-6-12(2)13(3)10-15;1-11-5-7-15(13(3)9-11)16-8-6-12(2)10-14(16)4;2*1-10-3-8-14(11(2)9-10)12-4-6-13(15)7-5-12;;;;/h5,8-9,12,15H,6-7,10H2,1-4H3;5-6,8-9,12-13,15H,7,10H2,1-4H3;5,7,9-10,12,14,16H,6,8H2,1-4H3;3,8-9,12H,4-7H2,1-2H3;3,6,8-9,12H,4-5,7H2,1-2H3;;;;/q3*-1;;-1;;;;. The number of aryl methyl sites for hydroxylation is 10. The zero-order valence-electron chi connectivity index (χ0n) is 54.2. The molecule has 0 heterocycles. The first-order valence-corrected chi connectivity index (χ1v) is 30.8. The van der Waals surface area contributed by atoms with Crippen LogP contribution >= 0.6 is 0 Å². The largest absolute Gasteiger partial charge is 0.334 e. The second-order valence-corrected chi connectivity index (χ2v) is 25.9. The Labute approximate surface area is 603 Å². The Morgan fingerprint density at radius 2 is 0.841 bits per heavy atom. The Morgan fingerprint density at radius 3 is 1.24 bits per heavy atom. The molecule has 10 rings (SSSR count). The molecule has 4 radical (unpaired) electrons. The molecule has 5 aromatic rings. The van der Waals surface area contributed by atoms with Gasteiger partial charge in [0.15, 0.2) is 0 Å². The SMILES string of the molecule is Cc1ccc(C2CCC(=O)CC2)c(C)c1.Cc1ccc(C2CCC(C)[C-](C)C2)c(C)c1.Cc1ccc(C2CCC(C)[CH-]C2C)c(C)c1.Cc1ccc(C2C[CH-]C(=O)CC2)c(C)c1.Cc1ccc(C2C[CH-]C(C)C(C)C2)c(C)c1.[Y].[Y].[Y].[Y]. The number of carbonyl (C=O) groups is 2. The van der Waals surface area contributed by atoms with Crippen LogP contribution in [-0.4, -0.2) is 11.6 Å². The van der Waals surface area contributed by atoms with Gasteiger partial charge >= 0.3 is 0 Å². The molecule has 0 bridgehead atoms. The first kappa shape index (κ1) is 77.8. The van der Waals surface area contributed by atoms with Crippen molar-refractivity contribution in [3.63, 3.8) is 0 Å². The van der Waals surface area contributed by atoms with Gasteiger partial charge in [-0.05, 0) is 192 Å². The molecule has 9 unspecified atom stereocenters. The molecule has 0 N–H and O–H groups in total. The molecule has 436 valence electrons. The van der Waals surface area contributed by atoms with E-state index in [1.54, 1.807) is 22.6 Å². The zero-order chi connectivity index (χ0) is 56.8. The molecule has 0 aromatic heterocycles. The molecular weight excluding hydrogens is 1300 g/mol. The number of hydrogen-bond donors (Lipinski definition) is 0. The summed E-state index contributed by atoms with van der Waals surface area (Å²) in [7, 11) is 0. The van der Waals surface area contributed by atoms with E-state index in [1.807, 2.05) is 6.42 Å². The average Bonchev–Trinajstić information content (AvgIpc) is 3.38. The van der Waals surface area contributed by atoms with E-state index >= 15 is 0 Å². The molecule has 5 aromatic carbocycles. The van der Waals surface area contributed by atoms with E-state index in [0.717, 1.165) is 92.3 Å². The van der Waals surface area contributed by atoms with E-state index in [9.17, 15) is 9.59 Å². The van der Waals surface area contributed by atoms with Gasteiger partial charge in [-0.3, -0.25) is 4.79 Å². The van der Waals surface area contributed by atoms with Crippen molar-refractivity contribution in [1.82, 2.24) is 0 Å². The van der Waals surface area contributed by atoms with Crippen LogP contribution in [0.3, 0.4) is 0 Å². The van der Waals surface area contributed by atoms with Gasteiger partial charge in [0, 0.05) is 144 Å². The number of benzene rings is 5. The summed E-state index contributed by atoms with van der Waals surface area (Å²) in [6.45, 7) is 36.0. The van der Waals surface area contributed by atoms with Crippen molar-refractivity contribution in [2.75, 3.05) is 0 Å². The summed E-state index contributed by atoms with van der Waals surface area (Å²) in [5, 5.41) is 0. The summed E-state index contributed by atoms with van der Waals surface area (Å²) in [5.41, 5.74) is 21.5. The summed E-state index contributed by atoms with van der Waals surface area (Å²) in [4.78, 5) is 22.3. The van der Waals surface area contributed by atoms with Crippen molar-refractivity contribution in [2.24, 2.45) is 29.6 Å². The Morgan fingerprint density at radius 1 is 0.427 bits per heavy atom. The Bertz CT molecular complexity index is 2570. The molecule has 0 amide bonds. The third-order valence-electron chi connectivity index (χ3n) is 19.1. The van der Waals surface area contributed by atoms with Gasteiger partial charge in [0.05, 0.1) is 0 Å². The fraction of sp³-hybridized carbons (Fsp3) is 0.526. The van der Waals surface area contributed by atoms with E-state index in [-0.39, 0.29) is 131 Å². The maximum Gasteiger partial charge on any atom is 0.132 e. The minimum absolute atomic E-state index is 0. The summed E-state index contributed by atoms with van der Waals surface area (Å²) in [6.07, 6.45) is 22.5. The molecule has 0 aliphatic heterocycles. The average molecular weight is 1410 g/mol. The van der Waals surface area contributed by atoms with E-state index in [0.29, 0.717) is 23.4 Å². The van der Waals surface area contributed by atoms with Crippen LogP contribution in [0.5, 0.6) is 0 Å². The summed E-state index contributed by atoms with van der Waals surface area (Å²) >= 11 is 0. The van der Waals surface area contributed by atoms with Gasteiger partial charge in [0.1, 0.15) is 5.78 Å². The summed E-state index contributed by atoms with van der Waals surface area (Å²) in [6, 6.07) is 34.0. The van der Waals surface area contributed by atoms with E-state index in [2.05, 4.69) is 215 Å². The van der Waals surface area contributed by atoms with Gasteiger partial charge in [-0.1, -0.05) is 185 Å². The summed E-state index contributed by atoms with van der Waals surface area (Å²) in [5.74, 6) is 9.89. The number of rotatable bonds is 5. The van der Waals surface area contributed by atoms with Crippen molar-refractivity contribution < 1.29 is 140 Å². The van der Waals surface area contributed by atoms with E-state index in [1.165, 1.54) is 112 Å². The van der Waals surface area contributed by atoms with Gasteiger partial charge in [-0.2, -0.15) is 49.9 Å². The van der Waals surface area contributed by atoms with Crippen molar-refractivity contribution in [2.45, 2.75) is 230 Å². The monoisotopic (exact) mass is 1400 g/mol. The fourth-order valence-electron chi connectivity index (χ4n) is 13.9. The molecule has 9 atom stereocenters. The third-order valence-corrected chi connectivity index (χ3v) is 19.1. The van der Waals surface area contributed by atoms with E-state index < -0.39 is 0 Å². The second-order valence-electron chi connectivity index (χ2n) is 25.9. The molecule has 5 aliphatic rings. The Hall–Kier alpha value is -0.274. The molecule has 5 saturated carbocycles. The smallest absolute Gasteiger partial charge is 0.132 e. The fourth-order valence-corrected chi connectivity index (χ4v) is 13.9. The molecule has 82 heavy (non-hydrogen) atoms.